The zero-order valence-electron chi connectivity index (χ0n) is 16.3. The zero-order valence-corrected chi connectivity index (χ0v) is 16.3. The van der Waals surface area contributed by atoms with Gasteiger partial charge in [-0.25, -0.2) is 9.37 Å². The minimum absolute atomic E-state index is 0.181. The van der Waals surface area contributed by atoms with E-state index in [-0.39, 0.29) is 5.82 Å². The lowest BCUT2D eigenvalue weighted by Crippen LogP contribution is -2.44. The Balaban J connectivity index is 1.50. The molecule has 1 N–H and O–H groups in total. The Morgan fingerprint density at radius 1 is 0.966 bits per heavy atom. The van der Waals surface area contributed by atoms with Gasteiger partial charge in [0.15, 0.2) is 0 Å². The van der Waals surface area contributed by atoms with Gasteiger partial charge in [0, 0.05) is 55.1 Å². The van der Waals surface area contributed by atoms with Gasteiger partial charge in [-0.15, -0.1) is 0 Å². The molecular formula is C24H22FN4. The number of H-pyrrole nitrogens is 1. The molecule has 2 aromatic carbocycles. The zero-order chi connectivity index (χ0) is 19.8. The summed E-state index contributed by atoms with van der Waals surface area (Å²) < 4.78 is 14.9. The minimum Gasteiger partial charge on any atom is -0.367 e. The number of hydrogen-bond acceptors (Lipinski definition) is 3. The van der Waals surface area contributed by atoms with Crippen LogP contribution in [0.1, 0.15) is 0 Å². The average Bonchev–Trinajstić information content (AvgIpc) is 3.18. The van der Waals surface area contributed by atoms with Crippen molar-refractivity contribution in [1.29, 1.82) is 0 Å². The maximum atomic E-state index is 14.9. The van der Waals surface area contributed by atoms with E-state index in [1.54, 1.807) is 12.3 Å². The van der Waals surface area contributed by atoms with Gasteiger partial charge in [0.1, 0.15) is 11.5 Å². The molecule has 0 unspecified atom stereocenters. The van der Waals surface area contributed by atoms with E-state index in [0.29, 0.717) is 5.69 Å². The Morgan fingerprint density at radius 3 is 2.52 bits per heavy atom. The topological polar surface area (TPSA) is 35.2 Å². The molecule has 4 aromatic rings. The molecule has 2 aromatic heterocycles. The predicted molar refractivity (Wildman–Crippen MR) is 115 cm³/mol. The highest BCUT2D eigenvalue weighted by molar-refractivity contribution is 5.95. The summed E-state index contributed by atoms with van der Waals surface area (Å²) in [7, 11) is 2.10. The Bertz CT molecular complexity index is 1140. The van der Waals surface area contributed by atoms with Gasteiger partial charge < -0.3 is 14.8 Å². The summed E-state index contributed by atoms with van der Waals surface area (Å²) in [4.78, 5) is 12.2. The highest BCUT2D eigenvalue weighted by atomic mass is 19.1. The Kier molecular flexibility index (Phi) is 4.52. The van der Waals surface area contributed by atoms with E-state index in [2.05, 4.69) is 38.9 Å². The number of fused-ring (bicyclic) bond motifs is 1. The number of aromatic nitrogens is 2. The lowest BCUT2D eigenvalue weighted by atomic mass is 10.0. The van der Waals surface area contributed by atoms with Crippen molar-refractivity contribution in [3.8, 4) is 22.3 Å². The van der Waals surface area contributed by atoms with Gasteiger partial charge in [0.2, 0.25) is 0 Å². The maximum absolute atomic E-state index is 14.9. The fourth-order valence-corrected chi connectivity index (χ4v) is 3.96. The van der Waals surface area contributed by atoms with Crippen molar-refractivity contribution >= 4 is 16.7 Å². The quantitative estimate of drug-likeness (QED) is 0.560. The van der Waals surface area contributed by atoms with Crippen LogP contribution in [0.4, 0.5) is 10.1 Å². The van der Waals surface area contributed by atoms with Crippen molar-refractivity contribution < 1.29 is 4.39 Å². The fourth-order valence-electron chi connectivity index (χ4n) is 3.96. The summed E-state index contributed by atoms with van der Waals surface area (Å²) in [6, 6.07) is 18.5. The van der Waals surface area contributed by atoms with Crippen molar-refractivity contribution in [1.82, 2.24) is 14.9 Å². The second-order valence-corrected chi connectivity index (χ2v) is 7.57. The molecule has 1 aliphatic rings. The van der Waals surface area contributed by atoms with Crippen molar-refractivity contribution in [3.63, 3.8) is 0 Å². The molecule has 0 bridgehead atoms. The number of pyridine rings is 1. The van der Waals surface area contributed by atoms with E-state index in [9.17, 15) is 4.39 Å². The standard InChI is InChI=1S/C24H22FN4/c1-28-9-11-29(12-10-28)23-8-7-18(14-22(23)25)19-13-20-21(16-27-24(20)26-15-19)17-5-3-2-4-6-17/h3-8,13-16H,9-12H2,1H3,(H,26,27). The first-order valence-corrected chi connectivity index (χ1v) is 9.86. The number of nitrogens with zero attached hydrogens (tertiary/aromatic N) is 3. The van der Waals surface area contributed by atoms with E-state index < -0.39 is 0 Å². The number of likely N-dealkylation sites (N-methyl/N-ethyl adjacent to an activating group) is 1. The number of aromatic amines is 1. The minimum atomic E-state index is -0.181. The first kappa shape index (κ1) is 17.9. The van der Waals surface area contributed by atoms with E-state index >= 15 is 0 Å². The van der Waals surface area contributed by atoms with Gasteiger partial charge in [-0.05, 0) is 42.4 Å². The number of piperazine rings is 1. The van der Waals surface area contributed by atoms with Gasteiger partial charge in [-0.3, -0.25) is 0 Å². The molecule has 1 saturated heterocycles. The highest BCUT2D eigenvalue weighted by Gasteiger charge is 2.18. The third-order valence-electron chi connectivity index (χ3n) is 5.69. The molecule has 5 heteroatoms. The summed E-state index contributed by atoms with van der Waals surface area (Å²) in [6.45, 7) is 3.60. The van der Waals surface area contributed by atoms with Crippen molar-refractivity contribution in [2.45, 2.75) is 0 Å². The number of halogens is 1. The van der Waals surface area contributed by atoms with Gasteiger partial charge in [-0.2, -0.15) is 0 Å². The van der Waals surface area contributed by atoms with Crippen LogP contribution in [0.15, 0.2) is 60.9 Å². The van der Waals surface area contributed by atoms with Crippen LogP contribution in [0.3, 0.4) is 0 Å². The molecule has 0 atom stereocenters. The van der Waals surface area contributed by atoms with Crippen molar-refractivity contribution in [3.05, 3.63) is 72.8 Å². The number of nitrogens with one attached hydrogen (secondary N) is 1. The monoisotopic (exact) mass is 385 g/mol. The third-order valence-corrected chi connectivity index (χ3v) is 5.69. The molecule has 0 spiro atoms. The predicted octanol–water partition coefficient (Wildman–Crippen LogP) is 4.59. The Labute approximate surface area is 169 Å². The summed E-state index contributed by atoms with van der Waals surface area (Å²) in [5.74, 6) is -0.181. The molecule has 5 rings (SSSR count). The first-order chi connectivity index (χ1) is 14.2. The van der Waals surface area contributed by atoms with Crippen LogP contribution in [-0.2, 0) is 0 Å². The second kappa shape index (κ2) is 7.33. The summed E-state index contributed by atoms with van der Waals surface area (Å²) in [5, 5.41) is 1.03. The molecule has 0 amide bonds. The van der Waals surface area contributed by atoms with Gasteiger partial charge in [0.05, 0.1) is 5.69 Å². The Morgan fingerprint density at radius 2 is 1.76 bits per heavy atom. The van der Waals surface area contributed by atoms with Gasteiger partial charge in [-0.1, -0.05) is 30.3 Å². The lowest BCUT2D eigenvalue weighted by Gasteiger charge is -2.34. The SMILES string of the molecule is CN1CCN(c2ccc(-c3cnc4[nH]cc(-c5cc[c]cc5)c4c3)cc2F)CC1. The first-order valence-electron chi connectivity index (χ1n) is 9.86. The van der Waals surface area contributed by atoms with Crippen molar-refractivity contribution in [2.24, 2.45) is 0 Å². The van der Waals surface area contributed by atoms with E-state index in [4.69, 9.17) is 0 Å². The van der Waals surface area contributed by atoms with E-state index in [1.807, 2.05) is 42.6 Å². The molecule has 0 saturated carbocycles. The molecule has 3 heterocycles. The maximum Gasteiger partial charge on any atom is 0.147 e. The van der Waals surface area contributed by atoms with Crippen LogP contribution in [-0.4, -0.2) is 48.1 Å². The molecule has 4 nitrogen and oxygen atoms in total. The number of anilines is 1. The van der Waals surface area contributed by atoms with Crippen molar-refractivity contribution in [2.75, 3.05) is 38.1 Å². The van der Waals surface area contributed by atoms with Gasteiger partial charge in [0.25, 0.3) is 0 Å². The summed E-state index contributed by atoms with van der Waals surface area (Å²) in [6.07, 6.45) is 3.76. The molecule has 1 fully saturated rings. The molecule has 1 aliphatic heterocycles. The smallest absolute Gasteiger partial charge is 0.147 e. The van der Waals surface area contributed by atoms with Gasteiger partial charge >= 0.3 is 0 Å². The van der Waals surface area contributed by atoms with Crippen LogP contribution in [0.25, 0.3) is 33.3 Å². The number of hydrogen-bond donors (Lipinski definition) is 1. The number of benzene rings is 2. The molecular weight excluding hydrogens is 363 g/mol. The normalized spacial score (nSPS) is 15.2. The second-order valence-electron chi connectivity index (χ2n) is 7.57. The molecule has 29 heavy (non-hydrogen) atoms. The molecule has 1 radical (unpaired) electrons. The largest absolute Gasteiger partial charge is 0.367 e. The molecule has 0 aliphatic carbocycles. The van der Waals surface area contributed by atoms with Crippen LogP contribution in [0, 0.1) is 11.9 Å². The van der Waals surface area contributed by atoms with Crippen LogP contribution < -0.4 is 4.90 Å². The Hall–Kier alpha value is -3.18. The van der Waals surface area contributed by atoms with E-state index in [1.165, 1.54) is 0 Å². The number of rotatable bonds is 3. The summed E-state index contributed by atoms with van der Waals surface area (Å²) >= 11 is 0. The average molecular weight is 385 g/mol. The molecule has 145 valence electrons. The fraction of sp³-hybridized carbons (Fsp3) is 0.208. The van der Waals surface area contributed by atoms with Crippen LogP contribution in [0.2, 0.25) is 0 Å². The third kappa shape index (κ3) is 3.38. The van der Waals surface area contributed by atoms with E-state index in [0.717, 1.165) is 59.5 Å². The highest BCUT2D eigenvalue weighted by Crippen LogP contribution is 2.32. The van der Waals surface area contributed by atoms with Crippen LogP contribution >= 0.6 is 0 Å². The summed E-state index contributed by atoms with van der Waals surface area (Å²) in [5.41, 5.74) is 5.43. The van der Waals surface area contributed by atoms with Crippen LogP contribution in [0.5, 0.6) is 0 Å². The lowest BCUT2D eigenvalue weighted by molar-refractivity contribution is 0.311.